The fourth-order valence-electron chi connectivity index (χ4n) is 3.14. The van der Waals surface area contributed by atoms with Gasteiger partial charge in [0.25, 0.3) is 0 Å². The van der Waals surface area contributed by atoms with Crippen molar-refractivity contribution in [1.29, 1.82) is 0 Å². The van der Waals surface area contributed by atoms with E-state index in [-0.39, 0.29) is 16.6 Å². The lowest BCUT2D eigenvalue weighted by molar-refractivity contribution is 0.464. The monoisotopic (exact) mass is 410 g/mol. The number of sulfone groups is 1. The predicted molar refractivity (Wildman–Crippen MR) is 111 cm³/mol. The van der Waals surface area contributed by atoms with Crippen LogP contribution >= 0.6 is 7.34 Å². The summed E-state index contributed by atoms with van der Waals surface area (Å²) in [5, 5.41) is 9.99. The molecule has 0 radical (unpaired) electrons. The van der Waals surface area contributed by atoms with Crippen molar-refractivity contribution in [2.75, 3.05) is 5.49 Å². The first kappa shape index (κ1) is 21.7. The minimum Gasteiger partial charge on any atom is -0.508 e. The normalized spacial score (nSPS) is 12.6. The smallest absolute Gasteiger partial charge is 0.186 e. The molecule has 7 heteroatoms. The van der Waals surface area contributed by atoms with Gasteiger partial charge in [0.2, 0.25) is 0 Å². The zero-order valence-electron chi connectivity index (χ0n) is 16.1. The molecule has 0 amide bonds. The van der Waals surface area contributed by atoms with Crippen LogP contribution in [-0.4, -0.2) is 35.1 Å². The summed E-state index contributed by atoms with van der Waals surface area (Å²) in [5.74, 6) is 0.472. The Labute approximate surface area is 161 Å². The number of phenols is 1. The molecule has 5 nitrogen and oxygen atoms in total. The zero-order chi connectivity index (χ0) is 20.6. The fourth-order valence-corrected chi connectivity index (χ4v) is 6.63. The van der Waals surface area contributed by atoms with Crippen LogP contribution in [0.2, 0.25) is 0 Å². The highest BCUT2D eigenvalue weighted by atomic mass is 32.2. The van der Waals surface area contributed by atoms with Crippen LogP contribution in [0.4, 0.5) is 0 Å². The maximum Gasteiger partial charge on any atom is 0.186 e. The van der Waals surface area contributed by atoms with Crippen molar-refractivity contribution in [1.82, 2.24) is 0 Å². The first-order chi connectivity index (χ1) is 12.3. The lowest BCUT2D eigenvalue weighted by Crippen LogP contribution is -2.09. The Morgan fingerprint density at radius 2 is 1.63 bits per heavy atom. The number of aromatic hydroxyl groups is 1. The van der Waals surface area contributed by atoms with Gasteiger partial charge < -0.3 is 14.9 Å². The SMILES string of the molecule is C=P(O)(O)CS(=O)(=O)c1cc(C)c(Cc2ccc(O)c(C(C)C)c2)c(C)c1. The summed E-state index contributed by atoms with van der Waals surface area (Å²) in [6.45, 7) is 7.72. The Hall–Kier alpha value is -1.59. The molecule has 0 aliphatic carbocycles. The van der Waals surface area contributed by atoms with Crippen molar-refractivity contribution < 1.29 is 23.3 Å². The third-order valence-corrected chi connectivity index (χ3v) is 8.47. The molecule has 2 aromatic carbocycles. The molecular formula is C20H27O5PS. The molecule has 0 aliphatic heterocycles. The van der Waals surface area contributed by atoms with Gasteiger partial charge in [0, 0.05) is 0 Å². The van der Waals surface area contributed by atoms with Gasteiger partial charge in [-0.05, 0) is 72.2 Å². The number of rotatable bonds is 6. The summed E-state index contributed by atoms with van der Waals surface area (Å²) in [7, 11) is -7.50. The molecular weight excluding hydrogens is 383 g/mol. The minimum atomic E-state index is -3.82. The van der Waals surface area contributed by atoms with Gasteiger partial charge in [-0.25, -0.2) is 8.42 Å². The van der Waals surface area contributed by atoms with Crippen molar-refractivity contribution in [3.05, 3.63) is 58.1 Å². The second-order valence-corrected chi connectivity index (χ2v) is 11.9. The van der Waals surface area contributed by atoms with Crippen molar-refractivity contribution in [3.63, 3.8) is 0 Å². The van der Waals surface area contributed by atoms with Crippen LogP contribution in [0.25, 0.3) is 0 Å². The number of aryl methyl sites for hydroxylation is 2. The first-order valence-corrected chi connectivity index (χ1v) is 12.3. The van der Waals surface area contributed by atoms with Crippen LogP contribution in [-0.2, 0) is 16.3 Å². The Morgan fingerprint density at radius 3 is 2.11 bits per heavy atom. The zero-order valence-corrected chi connectivity index (χ0v) is 17.8. The summed E-state index contributed by atoms with van der Waals surface area (Å²) < 4.78 is 24.8. The highest BCUT2D eigenvalue weighted by molar-refractivity contribution is 7.98. The Bertz CT molecular complexity index is 980. The standard InChI is InChI=1S/C20H27O5PS/c1-13(2)18-10-16(6-7-20(18)21)11-19-14(3)8-17(9-15(19)4)27(24,25)12-26(5,22)23/h6-10,13,21-23H,5,11-12H2,1-4H3. The first-order valence-electron chi connectivity index (χ1n) is 8.63. The molecule has 3 N–H and O–H groups in total. The van der Waals surface area contributed by atoms with Gasteiger partial charge in [-0.3, -0.25) is 0 Å². The third kappa shape index (κ3) is 5.45. The highest BCUT2D eigenvalue weighted by Gasteiger charge is 2.23. The summed E-state index contributed by atoms with van der Waals surface area (Å²) in [6.07, 6.45) is 3.77. The van der Waals surface area contributed by atoms with E-state index in [0.29, 0.717) is 6.42 Å². The molecule has 2 aromatic rings. The molecule has 0 saturated heterocycles. The number of phenolic OH excluding ortho intramolecular Hbond substituents is 1. The molecule has 0 atom stereocenters. The van der Waals surface area contributed by atoms with E-state index in [2.05, 4.69) is 6.30 Å². The van der Waals surface area contributed by atoms with Gasteiger partial charge in [0.1, 0.15) is 18.6 Å². The molecule has 0 saturated carbocycles. The maximum atomic E-state index is 12.4. The van der Waals surface area contributed by atoms with Gasteiger partial charge in [0.15, 0.2) is 9.84 Å². The summed E-state index contributed by atoms with van der Waals surface area (Å²) in [4.78, 5) is 19.0. The van der Waals surface area contributed by atoms with Crippen molar-refractivity contribution in [2.45, 2.75) is 44.9 Å². The molecule has 0 heterocycles. The van der Waals surface area contributed by atoms with Crippen LogP contribution in [0.1, 0.15) is 47.6 Å². The summed E-state index contributed by atoms with van der Waals surface area (Å²) in [5.41, 5.74) is 3.80. The second kappa shape index (κ2) is 7.80. The molecule has 0 spiro atoms. The average molecular weight is 410 g/mol. The quantitative estimate of drug-likeness (QED) is 0.631. The third-order valence-electron chi connectivity index (χ3n) is 4.50. The van der Waals surface area contributed by atoms with Crippen molar-refractivity contribution in [2.24, 2.45) is 0 Å². The Morgan fingerprint density at radius 1 is 1.07 bits per heavy atom. The van der Waals surface area contributed by atoms with E-state index in [1.165, 1.54) is 0 Å². The molecule has 0 fully saturated rings. The van der Waals surface area contributed by atoms with E-state index in [0.717, 1.165) is 27.8 Å². The lowest BCUT2D eigenvalue weighted by atomic mass is 9.93. The van der Waals surface area contributed by atoms with E-state index in [9.17, 15) is 23.3 Å². The minimum absolute atomic E-state index is 0.0750. The fraction of sp³-hybridized carbons (Fsp3) is 0.350. The molecule has 2 rings (SSSR count). The van der Waals surface area contributed by atoms with Crippen LogP contribution in [0.5, 0.6) is 5.75 Å². The van der Waals surface area contributed by atoms with E-state index in [1.807, 2.05) is 39.8 Å². The topological polar surface area (TPSA) is 94.8 Å². The summed E-state index contributed by atoms with van der Waals surface area (Å²) in [6, 6.07) is 8.66. The van der Waals surface area contributed by atoms with Gasteiger partial charge in [-0.1, -0.05) is 32.3 Å². The van der Waals surface area contributed by atoms with Crippen molar-refractivity contribution in [3.8, 4) is 5.75 Å². The van der Waals surface area contributed by atoms with Gasteiger partial charge in [-0.15, -0.1) is 0 Å². The van der Waals surface area contributed by atoms with E-state index in [4.69, 9.17) is 0 Å². The Kier molecular flexibility index (Phi) is 6.27. The van der Waals surface area contributed by atoms with Crippen LogP contribution in [0.3, 0.4) is 0 Å². The van der Waals surface area contributed by atoms with Crippen LogP contribution in [0, 0.1) is 13.8 Å². The number of hydrogen-bond donors (Lipinski definition) is 3. The molecule has 0 unspecified atom stereocenters. The van der Waals surface area contributed by atoms with E-state index >= 15 is 0 Å². The summed E-state index contributed by atoms with van der Waals surface area (Å²) >= 11 is 0. The molecule has 0 aliphatic rings. The largest absolute Gasteiger partial charge is 0.508 e. The van der Waals surface area contributed by atoms with Gasteiger partial charge in [-0.2, -0.15) is 0 Å². The van der Waals surface area contributed by atoms with E-state index in [1.54, 1.807) is 18.2 Å². The van der Waals surface area contributed by atoms with Crippen molar-refractivity contribution >= 4 is 23.5 Å². The molecule has 27 heavy (non-hydrogen) atoms. The lowest BCUT2D eigenvalue weighted by Gasteiger charge is -2.16. The maximum absolute atomic E-state index is 12.4. The van der Waals surface area contributed by atoms with Gasteiger partial charge >= 0.3 is 0 Å². The van der Waals surface area contributed by atoms with Crippen LogP contribution < -0.4 is 0 Å². The molecule has 148 valence electrons. The highest BCUT2D eigenvalue weighted by Crippen LogP contribution is 2.38. The molecule has 0 aromatic heterocycles. The average Bonchev–Trinajstić information content (AvgIpc) is 2.49. The number of hydrogen-bond acceptors (Lipinski definition) is 5. The van der Waals surface area contributed by atoms with E-state index < -0.39 is 22.7 Å². The van der Waals surface area contributed by atoms with Gasteiger partial charge in [0.05, 0.1) is 4.90 Å². The van der Waals surface area contributed by atoms with Crippen LogP contribution in [0.15, 0.2) is 35.2 Å². The molecule has 0 bridgehead atoms. The second-order valence-electron chi connectivity index (χ2n) is 7.38. The Balaban J connectivity index is 2.41. The number of benzene rings is 2. The predicted octanol–water partition coefficient (Wildman–Crippen LogP) is 3.72.